The van der Waals surface area contributed by atoms with Crippen molar-refractivity contribution in [2.24, 2.45) is 0 Å². The minimum atomic E-state index is -0.451. The number of benzene rings is 3. The molecule has 2 amide bonds. The van der Waals surface area contributed by atoms with Gasteiger partial charge in [-0.1, -0.05) is 42.5 Å². The first kappa shape index (κ1) is 25.2. The Kier molecular flexibility index (Phi) is 8.04. The van der Waals surface area contributed by atoms with Gasteiger partial charge in [-0.3, -0.25) is 24.6 Å². The van der Waals surface area contributed by atoms with Crippen LogP contribution in [0.4, 0.5) is 10.5 Å². The van der Waals surface area contributed by atoms with Crippen LogP contribution in [0, 0.1) is 10.1 Å². The van der Waals surface area contributed by atoms with Crippen LogP contribution in [0.25, 0.3) is 6.08 Å². The third-order valence-electron chi connectivity index (χ3n) is 5.16. The lowest BCUT2D eigenvalue weighted by Gasteiger charge is -2.12. The largest absolute Gasteiger partial charge is 0.487 e. The van der Waals surface area contributed by atoms with E-state index in [0.29, 0.717) is 43.7 Å². The van der Waals surface area contributed by atoms with Crippen LogP contribution < -0.4 is 4.74 Å². The van der Waals surface area contributed by atoms with Gasteiger partial charge in [-0.05, 0) is 84.9 Å². The highest BCUT2D eigenvalue weighted by Crippen LogP contribution is 2.38. The summed E-state index contributed by atoms with van der Waals surface area (Å²) < 4.78 is 7.13. The monoisotopic (exact) mass is 616 g/mol. The number of carbonyl (C=O) groups excluding carboxylic acids is 2. The van der Waals surface area contributed by atoms with E-state index in [4.69, 9.17) is 4.74 Å². The summed E-state index contributed by atoms with van der Waals surface area (Å²) in [6.45, 7) is 0.461. The van der Waals surface area contributed by atoms with Gasteiger partial charge in [-0.25, -0.2) is 0 Å². The molecule has 0 atom stereocenters. The molecule has 0 N–H and O–H groups in total. The second kappa shape index (κ2) is 11.2. The lowest BCUT2D eigenvalue weighted by atomic mass is 10.1. The van der Waals surface area contributed by atoms with E-state index in [9.17, 15) is 19.7 Å². The average molecular weight is 618 g/mol. The molecule has 7 nitrogen and oxygen atoms in total. The Morgan fingerprint density at radius 2 is 1.66 bits per heavy atom. The Morgan fingerprint density at radius 3 is 2.34 bits per heavy atom. The van der Waals surface area contributed by atoms with Crippen molar-refractivity contribution in [1.82, 2.24) is 4.90 Å². The van der Waals surface area contributed by atoms with E-state index in [1.54, 1.807) is 30.3 Å². The third-order valence-corrected chi connectivity index (χ3v) is 7.25. The second-order valence-corrected chi connectivity index (χ2v) is 10.3. The smallest absolute Gasteiger partial charge is 0.293 e. The van der Waals surface area contributed by atoms with E-state index in [2.05, 4.69) is 31.9 Å². The van der Waals surface area contributed by atoms with E-state index in [0.717, 1.165) is 17.3 Å². The maximum absolute atomic E-state index is 12.8. The highest BCUT2D eigenvalue weighted by molar-refractivity contribution is 9.11. The fourth-order valence-electron chi connectivity index (χ4n) is 3.45. The summed E-state index contributed by atoms with van der Waals surface area (Å²) in [5, 5.41) is 10.7. The molecular weight excluding hydrogens is 600 g/mol. The lowest BCUT2D eigenvalue weighted by Crippen LogP contribution is -2.30. The van der Waals surface area contributed by atoms with Crippen LogP contribution in [0.3, 0.4) is 0 Å². The van der Waals surface area contributed by atoms with Crippen molar-refractivity contribution in [2.45, 2.75) is 13.0 Å². The van der Waals surface area contributed by atoms with Gasteiger partial charge in [-0.15, -0.1) is 0 Å². The number of imide groups is 1. The number of amides is 2. The summed E-state index contributed by atoms with van der Waals surface area (Å²) in [6, 6.07) is 19.5. The normalized spacial score (nSPS) is 14.6. The van der Waals surface area contributed by atoms with E-state index >= 15 is 0 Å². The number of hydrogen-bond donors (Lipinski definition) is 0. The molecule has 10 heteroatoms. The van der Waals surface area contributed by atoms with Crippen LogP contribution in [0.15, 0.2) is 80.6 Å². The van der Waals surface area contributed by atoms with Crippen molar-refractivity contribution in [2.75, 3.05) is 6.54 Å². The molecule has 178 valence electrons. The Morgan fingerprint density at radius 1 is 0.971 bits per heavy atom. The van der Waals surface area contributed by atoms with Crippen molar-refractivity contribution in [3.63, 3.8) is 0 Å². The van der Waals surface area contributed by atoms with Gasteiger partial charge in [0.2, 0.25) is 0 Å². The number of nitro benzene ring substituents is 1. The second-order valence-electron chi connectivity index (χ2n) is 7.60. The summed E-state index contributed by atoms with van der Waals surface area (Å²) in [5.74, 6) is 0.207. The van der Waals surface area contributed by atoms with Gasteiger partial charge in [-0.2, -0.15) is 0 Å². The Bertz CT molecular complexity index is 1310. The molecule has 1 saturated heterocycles. The number of rotatable bonds is 8. The number of thioether (sulfide) groups is 1. The molecule has 1 aliphatic rings. The molecule has 0 aromatic heterocycles. The highest BCUT2D eigenvalue weighted by Gasteiger charge is 2.34. The van der Waals surface area contributed by atoms with E-state index in [-0.39, 0.29) is 23.4 Å². The summed E-state index contributed by atoms with van der Waals surface area (Å²) in [6.07, 6.45) is 2.27. The molecule has 1 heterocycles. The Balaban J connectivity index is 1.45. The Hall–Kier alpha value is -2.95. The molecule has 3 aromatic rings. The standard InChI is InChI=1S/C25H18Br2N2O5S/c26-20-12-18(13-21(27)23(20)34-15-17-7-4-8-19(11-17)29(32)33)14-22-24(30)28(25(31)35-22)10-9-16-5-2-1-3-6-16/h1-8,11-14H,9-10,15H2/b22-14-. The molecule has 1 fully saturated rings. The van der Waals surface area contributed by atoms with Crippen LogP contribution in [0.2, 0.25) is 0 Å². The molecule has 0 bridgehead atoms. The fraction of sp³-hybridized carbons (Fsp3) is 0.120. The van der Waals surface area contributed by atoms with Gasteiger partial charge in [0.05, 0.1) is 18.8 Å². The SMILES string of the molecule is O=C1S/C(=C\c2cc(Br)c(OCc3cccc([N+](=O)[O-])c3)c(Br)c2)C(=O)N1CCc1ccccc1. The van der Waals surface area contributed by atoms with Crippen LogP contribution in [0.5, 0.6) is 5.75 Å². The molecule has 0 saturated carbocycles. The van der Waals surface area contributed by atoms with Crippen molar-refractivity contribution in [3.05, 3.63) is 107 Å². The summed E-state index contributed by atoms with van der Waals surface area (Å²) in [4.78, 5) is 37.4. The van der Waals surface area contributed by atoms with Crippen LogP contribution >= 0.6 is 43.6 Å². The number of non-ortho nitro benzene ring substituents is 1. The van der Waals surface area contributed by atoms with Crippen LogP contribution in [0.1, 0.15) is 16.7 Å². The minimum Gasteiger partial charge on any atom is -0.487 e. The predicted octanol–water partition coefficient (Wildman–Crippen LogP) is 6.98. The van der Waals surface area contributed by atoms with Crippen molar-refractivity contribution in [1.29, 1.82) is 0 Å². The van der Waals surface area contributed by atoms with Crippen LogP contribution in [-0.2, 0) is 17.8 Å². The molecule has 1 aliphatic heterocycles. The number of ether oxygens (including phenoxy) is 1. The first-order valence-corrected chi connectivity index (χ1v) is 12.9. The molecule has 0 unspecified atom stereocenters. The predicted molar refractivity (Wildman–Crippen MR) is 142 cm³/mol. The molecule has 3 aromatic carbocycles. The van der Waals surface area contributed by atoms with Gasteiger partial charge in [0.1, 0.15) is 12.4 Å². The van der Waals surface area contributed by atoms with Crippen molar-refractivity contribution in [3.8, 4) is 5.75 Å². The molecule has 35 heavy (non-hydrogen) atoms. The van der Waals surface area contributed by atoms with E-state index in [1.165, 1.54) is 17.0 Å². The zero-order valence-corrected chi connectivity index (χ0v) is 22.1. The summed E-state index contributed by atoms with van der Waals surface area (Å²) >= 11 is 7.89. The van der Waals surface area contributed by atoms with Gasteiger partial charge >= 0.3 is 0 Å². The molecule has 0 spiro atoms. The highest BCUT2D eigenvalue weighted by atomic mass is 79.9. The first-order valence-electron chi connectivity index (χ1n) is 10.5. The van der Waals surface area contributed by atoms with E-state index < -0.39 is 4.92 Å². The summed E-state index contributed by atoms with van der Waals surface area (Å²) in [7, 11) is 0. The molecule has 0 aliphatic carbocycles. The molecular formula is C25H18Br2N2O5S. The van der Waals surface area contributed by atoms with E-state index in [1.807, 2.05) is 30.3 Å². The topological polar surface area (TPSA) is 89.7 Å². The number of nitro groups is 1. The van der Waals surface area contributed by atoms with Crippen molar-refractivity contribution >= 4 is 66.5 Å². The van der Waals surface area contributed by atoms with Crippen LogP contribution in [-0.4, -0.2) is 27.5 Å². The van der Waals surface area contributed by atoms with Crippen molar-refractivity contribution < 1.29 is 19.2 Å². The molecule has 4 rings (SSSR count). The third kappa shape index (κ3) is 6.19. The fourth-order valence-corrected chi connectivity index (χ4v) is 5.76. The quantitative estimate of drug-likeness (QED) is 0.154. The average Bonchev–Trinajstić information content (AvgIpc) is 3.10. The van der Waals surface area contributed by atoms with Gasteiger partial charge in [0.15, 0.2) is 0 Å². The minimum absolute atomic E-state index is 0.00251. The maximum Gasteiger partial charge on any atom is 0.293 e. The number of halogens is 2. The zero-order chi connectivity index (χ0) is 24.9. The van der Waals surface area contributed by atoms with Gasteiger partial charge in [0, 0.05) is 18.7 Å². The molecule has 0 radical (unpaired) electrons. The number of hydrogen-bond acceptors (Lipinski definition) is 6. The zero-order valence-electron chi connectivity index (χ0n) is 18.1. The van der Waals surface area contributed by atoms with Gasteiger partial charge in [0.25, 0.3) is 16.8 Å². The number of nitrogens with zero attached hydrogens (tertiary/aromatic N) is 2. The first-order chi connectivity index (χ1) is 16.8. The Labute approximate surface area is 222 Å². The number of carbonyl (C=O) groups is 2. The summed E-state index contributed by atoms with van der Waals surface area (Å²) in [5.41, 5.74) is 2.42. The van der Waals surface area contributed by atoms with Gasteiger partial charge < -0.3 is 4.74 Å². The maximum atomic E-state index is 12.8. The lowest BCUT2D eigenvalue weighted by molar-refractivity contribution is -0.384.